The fourth-order valence-electron chi connectivity index (χ4n) is 2.89. The molecule has 1 aliphatic rings. The highest BCUT2D eigenvalue weighted by atomic mass is 79.9. The van der Waals surface area contributed by atoms with Gasteiger partial charge >= 0.3 is 0 Å². The summed E-state index contributed by atoms with van der Waals surface area (Å²) in [6.45, 7) is 0. The van der Waals surface area contributed by atoms with Crippen molar-refractivity contribution >= 4 is 49.9 Å². The van der Waals surface area contributed by atoms with Gasteiger partial charge in [-0.2, -0.15) is 0 Å². The van der Waals surface area contributed by atoms with Gasteiger partial charge in [-0.3, -0.25) is 14.9 Å². The zero-order valence-corrected chi connectivity index (χ0v) is 15.5. The van der Waals surface area contributed by atoms with Gasteiger partial charge in [0.15, 0.2) is 5.13 Å². The molecule has 24 heavy (non-hydrogen) atoms. The Morgan fingerprint density at radius 1 is 1.25 bits per heavy atom. The van der Waals surface area contributed by atoms with E-state index in [1.165, 1.54) is 24.2 Å². The molecular formula is C17H18BrN3O2S. The van der Waals surface area contributed by atoms with Crippen LogP contribution in [0.25, 0.3) is 0 Å². The average Bonchev–Trinajstić information content (AvgIpc) is 3.23. The molecule has 0 saturated heterocycles. The first-order chi connectivity index (χ1) is 11.6. The Balaban J connectivity index is 1.61. The van der Waals surface area contributed by atoms with Crippen LogP contribution in [0.15, 0.2) is 34.2 Å². The van der Waals surface area contributed by atoms with Crippen molar-refractivity contribution in [3.63, 3.8) is 0 Å². The molecule has 2 aromatic rings. The number of carbonyl (C=O) groups is 2. The topological polar surface area (TPSA) is 71.1 Å². The lowest BCUT2D eigenvalue weighted by molar-refractivity contribution is -0.117. The van der Waals surface area contributed by atoms with Crippen LogP contribution in [0.1, 0.15) is 42.5 Å². The van der Waals surface area contributed by atoms with Crippen molar-refractivity contribution < 1.29 is 9.59 Å². The normalized spacial score (nSPS) is 14.5. The van der Waals surface area contributed by atoms with Crippen LogP contribution < -0.4 is 10.6 Å². The van der Waals surface area contributed by atoms with E-state index >= 15 is 0 Å². The molecule has 0 unspecified atom stereocenters. The van der Waals surface area contributed by atoms with Gasteiger partial charge < -0.3 is 5.32 Å². The number of nitrogens with zero attached hydrogens (tertiary/aromatic N) is 1. The maximum Gasteiger partial charge on any atom is 0.257 e. The predicted molar refractivity (Wildman–Crippen MR) is 99.4 cm³/mol. The van der Waals surface area contributed by atoms with Gasteiger partial charge in [0, 0.05) is 28.0 Å². The van der Waals surface area contributed by atoms with E-state index in [0.717, 1.165) is 12.8 Å². The van der Waals surface area contributed by atoms with Gasteiger partial charge in [-0.15, -0.1) is 11.3 Å². The Morgan fingerprint density at radius 2 is 2.04 bits per heavy atom. The van der Waals surface area contributed by atoms with Gasteiger partial charge in [0.2, 0.25) is 5.91 Å². The molecule has 2 amide bonds. The van der Waals surface area contributed by atoms with E-state index in [1.54, 1.807) is 29.8 Å². The summed E-state index contributed by atoms with van der Waals surface area (Å²) < 4.78 is 0.689. The van der Waals surface area contributed by atoms with Crippen LogP contribution in [0.3, 0.4) is 0 Å². The fraction of sp³-hybridized carbons (Fsp3) is 0.353. The molecule has 5 nitrogen and oxygen atoms in total. The lowest BCUT2D eigenvalue weighted by Gasteiger charge is -2.11. The van der Waals surface area contributed by atoms with Crippen LogP contribution in [0.2, 0.25) is 0 Å². The van der Waals surface area contributed by atoms with Crippen LogP contribution in [0.4, 0.5) is 10.8 Å². The third-order valence-electron chi connectivity index (χ3n) is 4.11. The number of rotatable bonds is 5. The molecule has 1 heterocycles. The number of benzene rings is 1. The number of carbonyl (C=O) groups excluding carboxylic acids is 2. The Hall–Kier alpha value is -1.73. The van der Waals surface area contributed by atoms with Crippen molar-refractivity contribution in [2.75, 3.05) is 10.6 Å². The molecule has 1 fully saturated rings. The number of halogens is 1. The lowest BCUT2D eigenvalue weighted by Crippen LogP contribution is -2.16. The average molecular weight is 408 g/mol. The minimum Gasteiger partial charge on any atom is -0.325 e. The van der Waals surface area contributed by atoms with Crippen LogP contribution in [-0.4, -0.2) is 16.8 Å². The van der Waals surface area contributed by atoms with Crippen LogP contribution in [-0.2, 0) is 4.79 Å². The molecule has 3 rings (SSSR count). The van der Waals surface area contributed by atoms with E-state index in [1.807, 2.05) is 0 Å². The zero-order valence-electron chi connectivity index (χ0n) is 13.0. The number of hydrogen-bond donors (Lipinski definition) is 2. The lowest BCUT2D eigenvalue weighted by atomic mass is 10.0. The van der Waals surface area contributed by atoms with Crippen molar-refractivity contribution in [1.82, 2.24) is 4.98 Å². The molecule has 1 aromatic heterocycles. The second-order valence-corrected chi connectivity index (χ2v) is 7.64. The third kappa shape index (κ3) is 4.42. The van der Waals surface area contributed by atoms with Crippen LogP contribution in [0.5, 0.6) is 0 Å². The highest BCUT2D eigenvalue weighted by molar-refractivity contribution is 9.10. The van der Waals surface area contributed by atoms with Crippen LogP contribution >= 0.6 is 27.3 Å². The summed E-state index contributed by atoms with van der Waals surface area (Å²) in [5, 5.41) is 8.02. The predicted octanol–water partition coefficient (Wildman–Crippen LogP) is 4.68. The number of thiazole rings is 1. The number of anilines is 2. The highest BCUT2D eigenvalue weighted by Crippen LogP contribution is 2.29. The number of aromatic nitrogens is 1. The summed E-state index contributed by atoms with van der Waals surface area (Å²) in [4.78, 5) is 28.3. The van der Waals surface area contributed by atoms with Gasteiger partial charge in [0.05, 0.1) is 5.69 Å². The monoisotopic (exact) mass is 407 g/mol. The summed E-state index contributed by atoms with van der Waals surface area (Å²) >= 11 is 4.79. The minimum absolute atomic E-state index is 0.0302. The standard InChI is InChI=1S/C17H18BrN3O2S/c18-13-10-12(16(23)21-17-19-7-8-24-17)5-6-14(13)20-15(22)9-11-3-1-2-4-11/h5-8,10-11H,1-4,9H2,(H,20,22)(H,19,21,23). The molecular weight excluding hydrogens is 390 g/mol. The summed E-state index contributed by atoms with van der Waals surface area (Å²) in [6, 6.07) is 5.14. The molecule has 0 spiro atoms. The van der Waals surface area contributed by atoms with Gasteiger partial charge in [-0.1, -0.05) is 12.8 Å². The first-order valence-electron chi connectivity index (χ1n) is 7.92. The second kappa shape index (κ2) is 7.90. The Labute approximate surface area is 153 Å². The molecule has 1 aromatic carbocycles. The van der Waals surface area contributed by atoms with Crippen molar-refractivity contribution in [2.45, 2.75) is 32.1 Å². The third-order valence-corrected chi connectivity index (χ3v) is 5.45. The first kappa shape index (κ1) is 17.1. The van der Waals surface area contributed by atoms with Crippen molar-refractivity contribution in [1.29, 1.82) is 0 Å². The SMILES string of the molecule is O=C(CC1CCCC1)Nc1ccc(C(=O)Nc2nccs2)cc1Br. The molecule has 7 heteroatoms. The molecule has 0 atom stereocenters. The smallest absolute Gasteiger partial charge is 0.257 e. The molecule has 126 valence electrons. The van der Waals surface area contributed by atoms with Crippen molar-refractivity contribution in [3.05, 3.63) is 39.8 Å². The second-order valence-electron chi connectivity index (χ2n) is 5.89. The summed E-state index contributed by atoms with van der Waals surface area (Å²) in [6.07, 6.45) is 6.95. The van der Waals surface area contributed by atoms with E-state index in [2.05, 4.69) is 31.5 Å². The number of amides is 2. The number of hydrogen-bond acceptors (Lipinski definition) is 4. The van der Waals surface area contributed by atoms with Crippen LogP contribution in [0, 0.1) is 5.92 Å². The highest BCUT2D eigenvalue weighted by Gasteiger charge is 2.19. The van der Waals surface area contributed by atoms with E-state index < -0.39 is 0 Å². The molecule has 1 saturated carbocycles. The molecule has 1 aliphatic carbocycles. The maximum absolute atomic E-state index is 12.2. The zero-order chi connectivity index (χ0) is 16.9. The first-order valence-corrected chi connectivity index (χ1v) is 9.59. The maximum atomic E-state index is 12.2. The largest absolute Gasteiger partial charge is 0.325 e. The van der Waals surface area contributed by atoms with E-state index in [-0.39, 0.29) is 11.8 Å². The van der Waals surface area contributed by atoms with Gasteiger partial charge in [-0.05, 0) is 52.9 Å². The fourth-order valence-corrected chi connectivity index (χ4v) is 3.89. The quantitative estimate of drug-likeness (QED) is 0.755. The Morgan fingerprint density at radius 3 is 2.71 bits per heavy atom. The Kier molecular flexibility index (Phi) is 5.63. The van der Waals surface area contributed by atoms with Crippen molar-refractivity contribution in [2.24, 2.45) is 5.92 Å². The van der Waals surface area contributed by atoms with E-state index in [0.29, 0.717) is 33.2 Å². The van der Waals surface area contributed by atoms with Gasteiger partial charge in [0.25, 0.3) is 5.91 Å². The Bertz CT molecular complexity index is 727. The summed E-state index contributed by atoms with van der Waals surface area (Å²) in [7, 11) is 0. The summed E-state index contributed by atoms with van der Waals surface area (Å²) in [5.74, 6) is 0.309. The van der Waals surface area contributed by atoms with Crippen molar-refractivity contribution in [3.8, 4) is 0 Å². The molecule has 2 N–H and O–H groups in total. The summed E-state index contributed by atoms with van der Waals surface area (Å²) in [5.41, 5.74) is 1.19. The van der Waals surface area contributed by atoms with Gasteiger partial charge in [-0.25, -0.2) is 4.98 Å². The molecule has 0 aliphatic heterocycles. The number of nitrogens with one attached hydrogen (secondary N) is 2. The van der Waals surface area contributed by atoms with Gasteiger partial charge in [0.1, 0.15) is 0 Å². The minimum atomic E-state index is -0.227. The van der Waals surface area contributed by atoms with E-state index in [4.69, 9.17) is 0 Å². The molecule has 0 radical (unpaired) electrons. The molecule has 0 bridgehead atoms. The van der Waals surface area contributed by atoms with E-state index in [9.17, 15) is 9.59 Å².